The van der Waals surface area contributed by atoms with E-state index in [-0.39, 0.29) is 5.43 Å². The molecular weight excluding hydrogens is 216 g/mol. The second kappa shape index (κ2) is 4.45. The van der Waals surface area contributed by atoms with Crippen molar-refractivity contribution in [3.8, 4) is 11.3 Å². The van der Waals surface area contributed by atoms with Crippen LogP contribution in [0.25, 0.3) is 11.3 Å². The van der Waals surface area contributed by atoms with E-state index in [1.54, 1.807) is 12.4 Å². The molecule has 0 radical (unpaired) electrons. The van der Waals surface area contributed by atoms with Gasteiger partial charge in [0.05, 0.1) is 11.3 Å². The molecule has 0 spiro atoms. The van der Waals surface area contributed by atoms with Gasteiger partial charge >= 0.3 is 0 Å². The Morgan fingerprint density at radius 1 is 1.47 bits per heavy atom. The molecule has 0 unspecified atom stereocenters. The maximum atomic E-state index is 11.8. The van der Waals surface area contributed by atoms with Crippen molar-refractivity contribution in [2.24, 2.45) is 5.92 Å². The Morgan fingerprint density at radius 3 is 2.88 bits per heavy atom. The van der Waals surface area contributed by atoms with Gasteiger partial charge < -0.3 is 10.7 Å². The van der Waals surface area contributed by atoms with Crippen LogP contribution in [-0.2, 0) is 6.42 Å². The molecule has 0 fully saturated rings. The SMILES string of the molecule is CC(C)Cc1c(N)n[nH]c1-c1c[nH]ccc1=O. The summed E-state index contributed by atoms with van der Waals surface area (Å²) in [5.74, 6) is 0.924. The Morgan fingerprint density at radius 2 is 2.24 bits per heavy atom. The minimum absolute atomic E-state index is 0.0441. The van der Waals surface area contributed by atoms with Crippen molar-refractivity contribution in [1.29, 1.82) is 0 Å². The molecule has 17 heavy (non-hydrogen) atoms. The highest BCUT2D eigenvalue weighted by Crippen LogP contribution is 2.24. The van der Waals surface area contributed by atoms with Gasteiger partial charge in [0.15, 0.2) is 5.43 Å². The molecule has 0 atom stereocenters. The van der Waals surface area contributed by atoms with E-state index in [0.29, 0.717) is 17.3 Å². The summed E-state index contributed by atoms with van der Waals surface area (Å²) >= 11 is 0. The molecule has 0 saturated carbocycles. The standard InChI is InChI=1S/C12H16N4O/c1-7(2)5-8-11(15-16-12(8)13)9-6-14-4-3-10(9)17/h3-4,6-7H,5H2,1-2H3,(H,14,17)(H3,13,15,16). The summed E-state index contributed by atoms with van der Waals surface area (Å²) in [5, 5.41) is 6.83. The average molecular weight is 232 g/mol. The maximum Gasteiger partial charge on any atom is 0.190 e. The van der Waals surface area contributed by atoms with Gasteiger partial charge in [-0.05, 0) is 12.3 Å². The molecule has 5 nitrogen and oxygen atoms in total. The van der Waals surface area contributed by atoms with Gasteiger partial charge in [0.1, 0.15) is 5.82 Å². The number of pyridine rings is 1. The molecule has 0 aliphatic carbocycles. The summed E-state index contributed by atoms with van der Waals surface area (Å²) in [6.45, 7) is 4.21. The summed E-state index contributed by atoms with van der Waals surface area (Å²) in [6.07, 6.45) is 4.07. The van der Waals surface area contributed by atoms with Crippen LogP contribution in [0.5, 0.6) is 0 Å². The molecule has 2 rings (SSSR count). The van der Waals surface area contributed by atoms with Crippen LogP contribution in [0, 0.1) is 5.92 Å². The molecule has 2 aromatic heterocycles. The first kappa shape index (κ1) is 11.4. The molecular formula is C12H16N4O. The van der Waals surface area contributed by atoms with Crippen LogP contribution < -0.4 is 11.2 Å². The molecule has 4 N–H and O–H groups in total. The summed E-state index contributed by atoms with van der Waals surface area (Å²) in [5.41, 5.74) is 7.99. The highest BCUT2D eigenvalue weighted by atomic mass is 16.1. The van der Waals surface area contributed by atoms with Gasteiger partial charge in [-0.3, -0.25) is 9.89 Å². The Labute approximate surface area is 99.1 Å². The summed E-state index contributed by atoms with van der Waals surface area (Å²) in [7, 11) is 0. The smallest absolute Gasteiger partial charge is 0.190 e. The van der Waals surface area contributed by atoms with Crippen LogP contribution in [0.3, 0.4) is 0 Å². The fourth-order valence-corrected chi connectivity index (χ4v) is 1.83. The topological polar surface area (TPSA) is 87.6 Å². The monoisotopic (exact) mass is 232 g/mol. The number of anilines is 1. The molecule has 90 valence electrons. The third-order valence-electron chi connectivity index (χ3n) is 2.60. The third kappa shape index (κ3) is 2.22. The third-order valence-corrected chi connectivity index (χ3v) is 2.60. The fourth-order valence-electron chi connectivity index (χ4n) is 1.83. The van der Waals surface area contributed by atoms with E-state index in [0.717, 1.165) is 17.7 Å². The highest BCUT2D eigenvalue weighted by molar-refractivity contribution is 5.67. The fraction of sp³-hybridized carbons (Fsp3) is 0.333. The van der Waals surface area contributed by atoms with Gasteiger partial charge in [0.25, 0.3) is 0 Å². The second-order valence-electron chi connectivity index (χ2n) is 4.48. The summed E-state index contributed by atoms with van der Waals surface area (Å²) < 4.78 is 0. The summed E-state index contributed by atoms with van der Waals surface area (Å²) in [6, 6.07) is 1.49. The number of nitrogens with one attached hydrogen (secondary N) is 2. The first-order chi connectivity index (χ1) is 8.09. The van der Waals surface area contributed by atoms with Gasteiger partial charge in [-0.25, -0.2) is 0 Å². The van der Waals surface area contributed by atoms with Crippen molar-refractivity contribution in [2.75, 3.05) is 5.73 Å². The predicted molar refractivity (Wildman–Crippen MR) is 67.6 cm³/mol. The van der Waals surface area contributed by atoms with Crippen molar-refractivity contribution in [2.45, 2.75) is 20.3 Å². The number of H-pyrrole nitrogens is 2. The number of aromatic amines is 2. The van der Waals surface area contributed by atoms with Crippen LogP contribution in [-0.4, -0.2) is 15.2 Å². The number of nitrogens with zero attached hydrogens (tertiary/aromatic N) is 1. The molecule has 0 aromatic carbocycles. The zero-order valence-corrected chi connectivity index (χ0v) is 9.95. The van der Waals surface area contributed by atoms with Crippen LogP contribution >= 0.6 is 0 Å². The Kier molecular flexibility index (Phi) is 2.99. The van der Waals surface area contributed by atoms with Crippen LogP contribution in [0.1, 0.15) is 19.4 Å². The lowest BCUT2D eigenvalue weighted by atomic mass is 10.00. The van der Waals surface area contributed by atoms with Gasteiger partial charge in [-0.2, -0.15) is 5.10 Å². The maximum absolute atomic E-state index is 11.8. The van der Waals surface area contributed by atoms with Gasteiger partial charge in [0, 0.05) is 24.0 Å². The number of nitrogens with two attached hydrogens (primary N) is 1. The molecule has 0 aliphatic heterocycles. The Hall–Kier alpha value is -2.04. The molecule has 2 heterocycles. The largest absolute Gasteiger partial charge is 0.382 e. The lowest BCUT2D eigenvalue weighted by Crippen LogP contribution is -2.06. The normalized spacial score (nSPS) is 11.0. The van der Waals surface area contributed by atoms with Crippen LogP contribution in [0.2, 0.25) is 0 Å². The minimum atomic E-state index is -0.0441. The van der Waals surface area contributed by atoms with E-state index in [2.05, 4.69) is 29.0 Å². The van der Waals surface area contributed by atoms with Gasteiger partial charge in [-0.1, -0.05) is 13.8 Å². The molecule has 5 heteroatoms. The van der Waals surface area contributed by atoms with E-state index in [1.165, 1.54) is 6.07 Å². The molecule has 0 saturated heterocycles. The van der Waals surface area contributed by atoms with Crippen molar-refractivity contribution in [3.05, 3.63) is 34.2 Å². The van der Waals surface area contributed by atoms with Crippen LogP contribution in [0.15, 0.2) is 23.3 Å². The first-order valence-electron chi connectivity index (χ1n) is 5.59. The number of aromatic nitrogens is 3. The van der Waals surface area contributed by atoms with Crippen molar-refractivity contribution in [1.82, 2.24) is 15.2 Å². The number of rotatable bonds is 3. The van der Waals surface area contributed by atoms with E-state index in [1.807, 2.05) is 0 Å². The van der Waals surface area contributed by atoms with Gasteiger partial charge in [0.2, 0.25) is 0 Å². The van der Waals surface area contributed by atoms with E-state index >= 15 is 0 Å². The van der Waals surface area contributed by atoms with E-state index in [4.69, 9.17) is 5.73 Å². The number of hydrogen-bond donors (Lipinski definition) is 3. The zero-order valence-electron chi connectivity index (χ0n) is 9.95. The Balaban J connectivity index is 2.53. The predicted octanol–water partition coefficient (Wildman–Crippen LogP) is 1.55. The zero-order chi connectivity index (χ0) is 12.4. The summed E-state index contributed by atoms with van der Waals surface area (Å²) in [4.78, 5) is 14.7. The quantitative estimate of drug-likeness (QED) is 0.750. The first-order valence-corrected chi connectivity index (χ1v) is 5.59. The number of nitrogen functional groups attached to an aromatic ring is 1. The van der Waals surface area contributed by atoms with Crippen molar-refractivity contribution >= 4 is 5.82 Å². The second-order valence-corrected chi connectivity index (χ2v) is 4.48. The lowest BCUT2D eigenvalue weighted by molar-refractivity contribution is 0.649. The Bertz CT molecular complexity index is 568. The van der Waals surface area contributed by atoms with Gasteiger partial charge in [-0.15, -0.1) is 0 Å². The van der Waals surface area contributed by atoms with E-state index in [9.17, 15) is 4.79 Å². The molecule has 0 amide bonds. The number of hydrogen-bond acceptors (Lipinski definition) is 3. The molecule has 0 aliphatic rings. The van der Waals surface area contributed by atoms with E-state index < -0.39 is 0 Å². The lowest BCUT2D eigenvalue weighted by Gasteiger charge is -2.06. The highest BCUT2D eigenvalue weighted by Gasteiger charge is 2.15. The molecule has 2 aromatic rings. The van der Waals surface area contributed by atoms with Crippen molar-refractivity contribution in [3.63, 3.8) is 0 Å². The molecule has 0 bridgehead atoms. The average Bonchev–Trinajstić information content (AvgIpc) is 2.61. The van der Waals surface area contributed by atoms with Crippen molar-refractivity contribution < 1.29 is 0 Å². The van der Waals surface area contributed by atoms with Crippen LogP contribution in [0.4, 0.5) is 5.82 Å². The minimum Gasteiger partial charge on any atom is -0.382 e.